The summed E-state index contributed by atoms with van der Waals surface area (Å²) < 4.78 is 0. The summed E-state index contributed by atoms with van der Waals surface area (Å²) in [6.45, 7) is 2.64. The zero-order chi connectivity index (χ0) is 29.0. The molecular weight excluding hydrogens is 535 g/mol. The minimum absolute atomic E-state index is 0. The van der Waals surface area contributed by atoms with E-state index in [1.54, 1.807) is 6.07 Å². The molecule has 4 rings (SSSR count). The molecule has 1 atom stereocenters. The van der Waals surface area contributed by atoms with E-state index in [4.69, 9.17) is 0 Å². The third kappa shape index (κ3) is 9.64. The second-order valence-corrected chi connectivity index (χ2v) is 11.3. The Morgan fingerprint density at radius 1 is 0.786 bits per heavy atom. The van der Waals surface area contributed by atoms with Crippen molar-refractivity contribution in [3.8, 4) is 11.1 Å². The summed E-state index contributed by atoms with van der Waals surface area (Å²) in [5.74, 6) is -1.07. The average Bonchev–Trinajstić information content (AvgIpc) is 2.99. The van der Waals surface area contributed by atoms with Crippen LogP contribution in [0.25, 0.3) is 11.1 Å². The van der Waals surface area contributed by atoms with Gasteiger partial charge in [-0.2, -0.15) is 11.8 Å². The first-order chi connectivity index (χ1) is 19.9. The first-order valence-corrected chi connectivity index (χ1v) is 15.3. The number of carbonyl (C=O) groups is 2. The van der Waals surface area contributed by atoms with E-state index in [1.807, 2.05) is 61.7 Å². The van der Waals surface area contributed by atoms with Crippen LogP contribution in [-0.4, -0.2) is 36.0 Å². The molecule has 0 aromatic heterocycles. The quantitative estimate of drug-likeness (QED) is 0.227. The molecule has 1 amide bonds. The van der Waals surface area contributed by atoms with Gasteiger partial charge in [0, 0.05) is 18.2 Å². The van der Waals surface area contributed by atoms with Crippen molar-refractivity contribution in [3.05, 3.63) is 131 Å². The fourth-order valence-electron chi connectivity index (χ4n) is 4.99. The van der Waals surface area contributed by atoms with E-state index in [2.05, 4.69) is 59.2 Å². The van der Waals surface area contributed by atoms with Crippen LogP contribution in [-0.2, 0) is 24.2 Å². The van der Waals surface area contributed by atoms with Gasteiger partial charge in [-0.3, -0.25) is 4.79 Å². The molecule has 0 aliphatic heterocycles. The number of rotatable bonds is 14. The molecule has 0 saturated heterocycles. The Morgan fingerprint density at radius 3 is 1.95 bits per heavy atom. The number of carboxylic acids is 1. The minimum atomic E-state index is -1.27. The fraction of sp³-hybridized carbons (Fsp3) is 0.257. The molecule has 4 aromatic rings. The van der Waals surface area contributed by atoms with Crippen molar-refractivity contribution in [2.24, 2.45) is 0 Å². The van der Waals surface area contributed by atoms with Crippen LogP contribution < -0.4 is 34.6 Å². The molecule has 42 heavy (non-hydrogen) atoms. The molecule has 0 heterocycles. The number of benzene rings is 4. The Kier molecular flexibility index (Phi) is 13.4. The maximum Gasteiger partial charge on any atom is 1.00 e. The van der Waals surface area contributed by atoms with Gasteiger partial charge in [-0.05, 0) is 83.7 Å². The summed E-state index contributed by atoms with van der Waals surface area (Å²) in [4.78, 5) is 25.1. The number of carbonyl (C=O) groups excluding carboxylic acids is 2. The van der Waals surface area contributed by atoms with Gasteiger partial charge in [0.05, 0.1) is 12.0 Å². The third-order valence-electron chi connectivity index (χ3n) is 7.21. The summed E-state index contributed by atoms with van der Waals surface area (Å²) in [6.07, 6.45) is 3.99. The van der Waals surface area contributed by atoms with Gasteiger partial charge >= 0.3 is 18.9 Å². The number of thioether (sulfide) groups is 1. The van der Waals surface area contributed by atoms with Crippen molar-refractivity contribution in [1.82, 2.24) is 10.6 Å². The number of aliphatic carboxylic acids is 1. The molecule has 5 nitrogen and oxygen atoms in total. The zero-order valence-corrected chi connectivity index (χ0v) is 25.5. The normalized spacial score (nSPS) is 11.5. The van der Waals surface area contributed by atoms with E-state index in [9.17, 15) is 14.7 Å². The van der Waals surface area contributed by atoms with Crippen molar-refractivity contribution in [1.29, 1.82) is 0 Å². The van der Waals surface area contributed by atoms with Crippen LogP contribution >= 0.6 is 11.8 Å². The molecule has 212 valence electrons. The molecule has 0 spiro atoms. The molecule has 0 unspecified atom stereocenters. The molecule has 0 bridgehead atoms. The summed E-state index contributed by atoms with van der Waals surface area (Å²) in [7, 11) is 0. The number of hydrogen-bond acceptors (Lipinski definition) is 5. The Labute approximate surface area is 265 Å². The van der Waals surface area contributed by atoms with Crippen LogP contribution in [0.3, 0.4) is 0 Å². The molecule has 7 heteroatoms. The van der Waals surface area contributed by atoms with E-state index in [1.165, 1.54) is 22.9 Å². The Hall–Kier alpha value is -3.27. The van der Waals surface area contributed by atoms with Gasteiger partial charge in [0.25, 0.3) is 5.91 Å². The van der Waals surface area contributed by atoms with Crippen LogP contribution in [0.5, 0.6) is 0 Å². The number of amides is 1. The average molecular weight is 573 g/mol. The predicted octanol–water partition coefficient (Wildman–Crippen LogP) is 2.21. The first kappa shape index (κ1) is 33.2. The van der Waals surface area contributed by atoms with Crippen LogP contribution in [0.2, 0.25) is 0 Å². The number of nitrogens with one attached hydrogen (secondary N) is 2. The van der Waals surface area contributed by atoms with Crippen molar-refractivity contribution < 1.29 is 33.6 Å². The number of hydrogen-bond donors (Lipinski definition) is 2. The molecule has 0 aliphatic carbocycles. The molecule has 0 fully saturated rings. The van der Waals surface area contributed by atoms with Crippen LogP contribution in [0.1, 0.15) is 39.0 Å². The molecule has 0 radical (unpaired) electrons. The summed E-state index contributed by atoms with van der Waals surface area (Å²) in [5, 5.41) is 18.2. The predicted molar refractivity (Wildman–Crippen MR) is 167 cm³/mol. The zero-order valence-electron chi connectivity index (χ0n) is 24.6. The fourth-order valence-corrected chi connectivity index (χ4v) is 5.47. The van der Waals surface area contributed by atoms with Gasteiger partial charge in [-0.15, -0.1) is 0 Å². The third-order valence-corrected chi connectivity index (χ3v) is 7.85. The van der Waals surface area contributed by atoms with Gasteiger partial charge in [0.15, 0.2) is 0 Å². The largest absolute Gasteiger partial charge is 1.00 e. The van der Waals surface area contributed by atoms with Gasteiger partial charge < -0.3 is 20.5 Å². The van der Waals surface area contributed by atoms with Gasteiger partial charge in [-0.1, -0.05) is 91.0 Å². The smallest absolute Gasteiger partial charge is 0.548 e. The molecule has 0 aliphatic rings. The molecule has 2 N–H and O–H groups in total. The summed E-state index contributed by atoms with van der Waals surface area (Å²) >= 11 is 1.53. The van der Waals surface area contributed by atoms with E-state index in [-0.39, 0.29) is 24.9 Å². The van der Waals surface area contributed by atoms with E-state index >= 15 is 0 Å². The van der Waals surface area contributed by atoms with Gasteiger partial charge in [-0.25, -0.2) is 0 Å². The monoisotopic (exact) mass is 572 g/mol. The Bertz CT molecular complexity index is 1390. The minimum Gasteiger partial charge on any atom is -0.548 e. The molecular formula is C35H37LiN2O3S. The Balaban J connectivity index is 0.00000484. The number of carboxylic acid groups (broad SMARTS) is 1. The van der Waals surface area contributed by atoms with Crippen molar-refractivity contribution in [2.45, 2.75) is 44.8 Å². The van der Waals surface area contributed by atoms with E-state index in [0.717, 1.165) is 35.1 Å². The van der Waals surface area contributed by atoms with E-state index in [0.29, 0.717) is 24.3 Å². The molecule has 4 aromatic carbocycles. The maximum absolute atomic E-state index is 13.4. The van der Waals surface area contributed by atoms with Crippen LogP contribution in [0.4, 0.5) is 0 Å². The van der Waals surface area contributed by atoms with Crippen molar-refractivity contribution >= 4 is 23.6 Å². The van der Waals surface area contributed by atoms with Gasteiger partial charge in [0.2, 0.25) is 0 Å². The number of aryl methyl sites for hydroxylation is 1. The van der Waals surface area contributed by atoms with Crippen LogP contribution in [0, 0.1) is 6.92 Å². The molecule has 0 saturated carbocycles. The maximum atomic E-state index is 13.4. The summed E-state index contributed by atoms with van der Waals surface area (Å²) in [6, 6.07) is 33.9. The van der Waals surface area contributed by atoms with Gasteiger partial charge in [0.1, 0.15) is 0 Å². The van der Waals surface area contributed by atoms with Crippen molar-refractivity contribution in [2.75, 3.05) is 12.0 Å². The SMILES string of the molecule is CSCC[C@H](NC(=O)c1ccc(CNC(Cc2ccccc2)Cc2ccccc2)cc1-c1ccccc1C)C(=O)[O-].[Li+]. The van der Waals surface area contributed by atoms with E-state index < -0.39 is 17.9 Å². The van der Waals surface area contributed by atoms with Crippen LogP contribution in [0.15, 0.2) is 103 Å². The van der Waals surface area contributed by atoms with Crippen molar-refractivity contribution in [3.63, 3.8) is 0 Å². The standard InChI is InChI=1S/C35H38N2O3S.Li/c1-25-11-9-10-16-30(25)32-23-28(17-18-31(32)34(38)37-33(35(39)40)19-20-41-2)24-36-29(21-26-12-5-3-6-13-26)22-27-14-7-4-8-15-27;/h3-18,23,29,33,36H,19-22,24H2,1-2H3,(H,37,38)(H,39,40);/q;+1/p-1/t33-;/m0./s1. The Morgan fingerprint density at radius 2 is 1.38 bits per heavy atom. The summed E-state index contributed by atoms with van der Waals surface area (Å²) in [5.41, 5.74) is 6.81. The second kappa shape index (κ2) is 17.0. The first-order valence-electron chi connectivity index (χ1n) is 14.0. The topological polar surface area (TPSA) is 81.3 Å². The second-order valence-electron chi connectivity index (χ2n) is 10.3.